The van der Waals surface area contributed by atoms with Gasteiger partial charge in [-0.25, -0.2) is 14.8 Å². The van der Waals surface area contributed by atoms with Crippen LogP contribution < -0.4 is 20.7 Å². The molecule has 2 aromatic heterocycles. The summed E-state index contributed by atoms with van der Waals surface area (Å²) in [4.78, 5) is 23.8. The second-order valence-electron chi connectivity index (χ2n) is 7.63. The number of urea groups is 1. The molecule has 7 nitrogen and oxygen atoms in total. The van der Waals surface area contributed by atoms with Crippen LogP contribution in [0.4, 0.5) is 27.7 Å². The third kappa shape index (κ3) is 4.22. The lowest BCUT2D eigenvalue weighted by Crippen LogP contribution is -2.19. The van der Waals surface area contributed by atoms with Gasteiger partial charge in [-0.1, -0.05) is 6.07 Å². The van der Waals surface area contributed by atoms with Crippen molar-refractivity contribution in [3.8, 4) is 5.75 Å². The van der Waals surface area contributed by atoms with Gasteiger partial charge in [0.05, 0.1) is 12.5 Å². The van der Waals surface area contributed by atoms with Crippen molar-refractivity contribution >= 4 is 50.5 Å². The summed E-state index contributed by atoms with van der Waals surface area (Å²) in [6.45, 7) is 0. The van der Waals surface area contributed by atoms with Crippen molar-refractivity contribution in [2.75, 3.05) is 23.1 Å². The van der Waals surface area contributed by atoms with Gasteiger partial charge in [0.25, 0.3) is 0 Å². The highest BCUT2D eigenvalue weighted by Crippen LogP contribution is 2.38. The number of methoxy groups -OCH3 is 1. The number of nitrogens with zero attached hydrogens (tertiary/aromatic N) is 2. The number of nitrogens with one attached hydrogen (secondary N) is 3. The van der Waals surface area contributed by atoms with E-state index in [1.165, 1.54) is 23.3 Å². The first-order chi connectivity index (χ1) is 15.7. The highest BCUT2D eigenvalue weighted by atomic mass is 32.1. The van der Waals surface area contributed by atoms with Crippen molar-refractivity contribution in [3.63, 3.8) is 0 Å². The monoisotopic (exact) mass is 445 g/mol. The zero-order valence-corrected chi connectivity index (χ0v) is 18.5. The van der Waals surface area contributed by atoms with Crippen molar-refractivity contribution in [1.82, 2.24) is 9.97 Å². The lowest BCUT2D eigenvalue weighted by Gasteiger charge is -2.13. The number of hydrogen-bond acceptors (Lipinski definition) is 6. The number of thiophene rings is 1. The minimum atomic E-state index is -0.318. The summed E-state index contributed by atoms with van der Waals surface area (Å²) in [5.74, 6) is 1.52. The average Bonchev–Trinajstić information content (AvgIpc) is 3.20. The number of carbonyl (C=O) groups excluding carboxylic acids is 1. The molecule has 0 bridgehead atoms. The molecular weight excluding hydrogens is 422 g/mol. The van der Waals surface area contributed by atoms with Crippen LogP contribution in [0, 0.1) is 0 Å². The van der Waals surface area contributed by atoms with Crippen molar-refractivity contribution in [2.24, 2.45) is 0 Å². The average molecular weight is 446 g/mol. The Kier molecular flexibility index (Phi) is 5.60. The summed E-state index contributed by atoms with van der Waals surface area (Å²) in [5.41, 5.74) is 3.65. The number of ether oxygens (including phenoxy) is 1. The van der Waals surface area contributed by atoms with Crippen LogP contribution in [0.15, 0.2) is 54.9 Å². The van der Waals surface area contributed by atoms with E-state index in [4.69, 9.17) is 4.74 Å². The Morgan fingerprint density at radius 2 is 1.75 bits per heavy atom. The number of carbonyl (C=O) groups is 1. The van der Waals surface area contributed by atoms with Gasteiger partial charge in [0.2, 0.25) is 0 Å². The smallest absolute Gasteiger partial charge is 0.323 e. The predicted molar refractivity (Wildman–Crippen MR) is 129 cm³/mol. The van der Waals surface area contributed by atoms with Crippen molar-refractivity contribution in [1.29, 1.82) is 0 Å². The maximum absolute atomic E-state index is 12.3. The van der Waals surface area contributed by atoms with Crippen molar-refractivity contribution in [3.05, 3.63) is 65.3 Å². The first-order valence-electron chi connectivity index (χ1n) is 10.5. The van der Waals surface area contributed by atoms with Gasteiger partial charge in [-0.3, -0.25) is 0 Å². The molecule has 0 aliphatic heterocycles. The second-order valence-corrected chi connectivity index (χ2v) is 8.71. The maximum atomic E-state index is 12.3. The Hall–Kier alpha value is -3.65. The van der Waals surface area contributed by atoms with Gasteiger partial charge >= 0.3 is 6.03 Å². The molecule has 2 heterocycles. The largest absolute Gasteiger partial charge is 0.497 e. The summed E-state index contributed by atoms with van der Waals surface area (Å²) in [6, 6.07) is 14.5. The minimum absolute atomic E-state index is 0.318. The van der Waals surface area contributed by atoms with Crippen LogP contribution in [0.3, 0.4) is 0 Å². The van der Waals surface area contributed by atoms with Gasteiger partial charge in [0.1, 0.15) is 22.7 Å². The lowest BCUT2D eigenvalue weighted by atomic mass is 9.97. The standard InChI is InChI=1S/C24H23N5O2S/c1-31-18-6-4-5-17(13-18)29-24(30)28-16-11-9-15(10-12-16)27-22-21-19-7-2-3-8-20(19)32-23(21)26-14-25-22/h4-6,9-14H,2-3,7-8H2,1H3,(H,25,26,27)(H2,28,29,30). The SMILES string of the molecule is COc1cccc(NC(=O)Nc2ccc(Nc3ncnc4sc5c(c34)CCCC5)cc2)c1. The van der Waals surface area contributed by atoms with Gasteiger partial charge < -0.3 is 20.7 Å². The molecule has 0 saturated heterocycles. The quantitative estimate of drug-likeness (QED) is 0.352. The molecule has 162 valence electrons. The number of rotatable bonds is 5. The highest BCUT2D eigenvalue weighted by molar-refractivity contribution is 7.19. The molecule has 0 spiro atoms. The summed E-state index contributed by atoms with van der Waals surface area (Å²) >= 11 is 1.78. The zero-order valence-electron chi connectivity index (χ0n) is 17.6. The van der Waals surface area contributed by atoms with E-state index in [-0.39, 0.29) is 6.03 Å². The number of amides is 2. The fourth-order valence-corrected chi connectivity index (χ4v) is 5.18. The normalized spacial score (nSPS) is 12.8. The lowest BCUT2D eigenvalue weighted by molar-refractivity contribution is 0.262. The fourth-order valence-electron chi connectivity index (χ4n) is 3.95. The Labute approximate surface area is 189 Å². The van der Waals surface area contributed by atoms with Crippen LogP contribution in [0.25, 0.3) is 10.2 Å². The Balaban J connectivity index is 1.28. The van der Waals surface area contributed by atoms with Gasteiger partial charge in [-0.2, -0.15) is 0 Å². The van der Waals surface area contributed by atoms with Crippen LogP contribution in [0.1, 0.15) is 23.3 Å². The van der Waals surface area contributed by atoms with E-state index in [0.717, 1.165) is 34.6 Å². The molecule has 0 fully saturated rings. The second kappa shape index (κ2) is 8.84. The number of aromatic nitrogens is 2. The molecule has 3 N–H and O–H groups in total. The van der Waals surface area contributed by atoms with E-state index in [1.54, 1.807) is 36.9 Å². The summed E-state index contributed by atoms with van der Waals surface area (Å²) < 4.78 is 5.18. The number of hydrogen-bond donors (Lipinski definition) is 3. The third-order valence-electron chi connectivity index (χ3n) is 5.48. The first kappa shape index (κ1) is 20.3. The zero-order chi connectivity index (χ0) is 21.9. The van der Waals surface area contributed by atoms with Crippen LogP contribution in [0.2, 0.25) is 0 Å². The summed E-state index contributed by atoms with van der Waals surface area (Å²) in [6.07, 6.45) is 6.29. The molecule has 0 atom stereocenters. The van der Waals surface area contributed by atoms with Gasteiger partial charge in [-0.05, 0) is 67.6 Å². The molecule has 0 saturated carbocycles. The molecule has 1 aliphatic rings. The molecule has 0 radical (unpaired) electrons. The van der Waals surface area contributed by atoms with E-state index in [0.29, 0.717) is 17.1 Å². The summed E-state index contributed by atoms with van der Waals surface area (Å²) in [7, 11) is 1.59. The number of anilines is 4. The van der Waals surface area contributed by atoms with Crippen LogP contribution in [0.5, 0.6) is 5.75 Å². The molecule has 32 heavy (non-hydrogen) atoms. The Bertz CT molecular complexity index is 1270. The fraction of sp³-hybridized carbons (Fsp3) is 0.208. The maximum Gasteiger partial charge on any atom is 0.323 e. The molecule has 4 aromatic rings. The molecule has 8 heteroatoms. The molecule has 5 rings (SSSR count). The van der Waals surface area contributed by atoms with Gasteiger partial charge in [0, 0.05) is 28.0 Å². The van der Waals surface area contributed by atoms with E-state index < -0.39 is 0 Å². The van der Waals surface area contributed by atoms with E-state index in [2.05, 4.69) is 25.9 Å². The molecule has 2 amide bonds. The topological polar surface area (TPSA) is 88.2 Å². The predicted octanol–water partition coefficient (Wildman–Crippen LogP) is 5.97. The minimum Gasteiger partial charge on any atom is -0.497 e. The summed E-state index contributed by atoms with van der Waals surface area (Å²) in [5, 5.41) is 10.2. The van der Waals surface area contributed by atoms with Crippen molar-refractivity contribution < 1.29 is 9.53 Å². The van der Waals surface area contributed by atoms with E-state index in [9.17, 15) is 4.79 Å². The van der Waals surface area contributed by atoms with Crippen LogP contribution in [-0.4, -0.2) is 23.1 Å². The van der Waals surface area contributed by atoms with Crippen LogP contribution in [-0.2, 0) is 12.8 Å². The van der Waals surface area contributed by atoms with E-state index in [1.807, 2.05) is 36.4 Å². The third-order valence-corrected chi connectivity index (χ3v) is 6.68. The van der Waals surface area contributed by atoms with E-state index >= 15 is 0 Å². The van der Waals surface area contributed by atoms with Crippen molar-refractivity contribution in [2.45, 2.75) is 25.7 Å². The Morgan fingerprint density at radius 1 is 0.969 bits per heavy atom. The number of benzene rings is 2. The van der Waals surface area contributed by atoms with Gasteiger partial charge in [0.15, 0.2) is 0 Å². The van der Waals surface area contributed by atoms with Gasteiger partial charge in [-0.15, -0.1) is 11.3 Å². The molecular formula is C24H23N5O2S. The molecule has 0 unspecified atom stereocenters. The Morgan fingerprint density at radius 3 is 2.59 bits per heavy atom. The first-order valence-corrected chi connectivity index (χ1v) is 11.4. The molecule has 2 aromatic carbocycles. The van der Waals surface area contributed by atoms with Crippen LogP contribution >= 0.6 is 11.3 Å². The number of aryl methyl sites for hydroxylation is 2. The molecule has 1 aliphatic carbocycles. The highest BCUT2D eigenvalue weighted by Gasteiger charge is 2.19. The number of fused-ring (bicyclic) bond motifs is 3.